The zero-order chi connectivity index (χ0) is 14.5. The van der Waals surface area contributed by atoms with Crippen molar-refractivity contribution in [2.24, 2.45) is 5.92 Å². The van der Waals surface area contributed by atoms with E-state index < -0.39 is 0 Å². The summed E-state index contributed by atoms with van der Waals surface area (Å²) in [5.41, 5.74) is 2.91. The van der Waals surface area contributed by atoms with Crippen molar-refractivity contribution in [1.82, 2.24) is 10.2 Å². The van der Waals surface area contributed by atoms with Crippen LogP contribution in [-0.4, -0.2) is 44.5 Å². The standard InChI is InChI=1S/C16H25N3O/c1-12-10-14(4-5-15(12)17-2)16(20)18-11-13-6-8-19(3)9-7-13/h4-5,10,13,17H,6-9,11H2,1-3H3,(H,18,20). The molecule has 0 unspecified atom stereocenters. The molecule has 1 fully saturated rings. The average molecular weight is 275 g/mol. The molecule has 1 aromatic carbocycles. The molecule has 1 amide bonds. The van der Waals surface area contributed by atoms with E-state index in [1.165, 1.54) is 12.8 Å². The monoisotopic (exact) mass is 275 g/mol. The van der Waals surface area contributed by atoms with E-state index in [1.54, 1.807) is 0 Å². The predicted molar refractivity (Wildman–Crippen MR) is 83.3 cm³/mol. The van der Waals surface area contributed by atoms with Crippen molar-refractivity contribution in [2.75, 3.05) is 39.0 Å². The molecule has 1 saturated heterocycles. The van der Waals surface area contributed by atoms with Gasteiger partial charge in [0, 0.05) is 24.8 Å². The molecule has 4 nitrogen and oxygen atoms in total. The van der Waals surface area contributed by atoms with E-state index in [-0.39, 0.29) is 5.91 Å². The van der Waals surface area contributed by atoms with Gasteiger partial charge in [0.25, 0.3) is 5.91 Å². The van der Waals surface area contributed by atoms with Crippen LogP contribution in [0.4, 0.5) is 5.69 Å². The van der Waals surface area contributed by atoms with Gasteiger partial charge in [0.1, 0.15) is 0 Å². The Hall–Kier alpha value is -1.55. The minimum absolute atomic E-state index is 0.0367. The van der Waals surface area contributed by atoms with Crippen molar-refractivity contribution >= 4 is 11.6 Å². The van der Waals surface area contributed by atoms with Crippen molar-refractivity contribution in [3.8, 4) is 0 Å². The van der Waals surface area contributed by atoms with E-state index in [0.29, 0.717) is 5.92 Å². The highest BCUT2D eigenvalue weighted by molar-refractivity contribution is 5.94. The summed E-state index contributed by atoms with van der Waals surface area (Å²) in [5, 5.41) is 6.18. The summed E-state index contributed by atoms with van der Waals surface area (Å²) < 4.78 is 0. The fourth-order valence-corrected chi connectivity index (χ4v) is 2.69. The van der Waals surface area contributed by atoms with Gasteiger partial charge in [0.2, 0.25) is 0 Å². The molecule has 0 atom stereocenters. The Morgan fingerprint density at radius 1 is 1.35 bits per heavy atom. The lowest BCUT2D eigenvalue weighted by atomic mass is 9.97. The summed E-state index contributed by atoms with van der Waals surface area (Å²) in [6.07, 6.45) is 2.35. The maximum Gasteiger partial charge on any atom is 0.251 e. The van der Waals surface area contributed by atoms with Crippen LogP contribution in [0.25, 0.3) is 0 Å². The van der Waals surface area contributed by atoms with Crippen molar-refractivity contribution in [1.29, 1.82) is 0 Å². The number of hydrogen-bond donors (Lipinski definition) is 2. The summed E-state index contributed by atoms with van der Waals surface area (Å²) in [7, 11) is 4.04. The van der Waals surface area contributed by atoms with Gasteiger partial charge < -0.3 is 15.5 Å². The van der Waals surface area contributed by atoms with Crippen LogP contribution in [0.3, 0.4) is 0 Å². The van der Waals surface area contributed by atoms with Crippen LogP contribution in [0.15, 0.2) is 18.2 Å². The fourth-order valence-electron chi connectivity index (χ4n) is 2.69. The van der Waals surface area contributed by atoms with E-state index in [9.17, 15) is 4.79 Å². The first kappa shape index (κ1) is 14.9. The van der Waals surface area contributed by atoms with E-state index in [0.717, 1.165) is 36.4 Å². The summed E-state index contributed by atoms with van der Waals surface area (Å²) in [6, 6.07) is 5.78. The number of piperidine rings is 1. The van der Waals surface area contributed by atoms with Crippen LogP contribution >= 0.6 is 0 Å². The second kappa shape index (κ2) is 6.75. The molecule has 1 aliphatic heterocycles. The molecular formula is C16H25N3O. The summed E-state index contributed by atoms with van der Waals surface area (Å²) in [4.78, 5) is 14.5. The van der Waals surface area contributed by atoms with E-state index in [2.05, 4.69) is 22.6 Å². The zero-order valence-corrected chi connectivity index (χ0v) is 12.7. The van der Waals surface area contributed by atoms with Gasteiger partial charge >= 0.3 is 0 Å². The quantitative estimate of drug-likeness (QED) is 0.884. The van der Waals surface area contributed by atoms with Gasteiger partial charge in [0.05, 0.1) is 0 Å². The lowest BCUT2D eigenvalue weighted by molar-refractivity contribution is 0.0939. The normalized spacial score (nSPS) is 16.9. The minimum atomic E-state index is 0.0367. The highest BCUT2D eigenvalue weighted by Gasteiger charge is 2.17. The SMILES string of the molecule is CNc1ccc(C(=O)NCC2CCN(C)CC2)cc1C. The Morgan fingerprint density at radius 2 is 2.05 bits per heavy atom. The number of carbonyl (C=O) groups is 1. The molecule has 1 aliphatic rings. The predicted octanol–water partition coefficient (Wildman–Crippen LogP) is 2.11. The third-order valence-corrected chi connectivity index (χ3v) is 4.15. The van der Waals surface area contributed by atoms with Gasteiger partial charge in [0.15, 0.2) is 0 Å². The van der Waals surface area contributed by atoms with Gasteiger partial charge in [-0.05, 0) is 69.6 Å². The Bertz CT molecular complexity index is 465. The Balaban J connectivity index is 1.87. The molecule has 0 aliphatic carbocycles. The third-order valence-electron chi connectivity index (χ3n) is 4.15. The average Bonchev–Trinajstić information content (AvgIpc) is 2.46. The lowest BCUT2D eigenvalue weighted by Crippen LogP contribution is -2.36. The molecule has 0 aromatic heterocycles. The van der Waals surface area contributed by atoms with E-state index >= 15 is 0 Å². The number of nitrogens with zero attached hydrogens (tertiary/aromatic N) is 1. The Morgan fingerprint density at radius 3 is 2.65 bits per heavy atom. The molecule has 2 rings (SSSR count). The summed E-state index contributed by atoms with van der Waals surface area (Å²) in [5.74, 6) is 0.655. The summed E-state index contributed by atoms with van der Waals surface area (Å²) >= 11 is 0. The van der Waals surface area contributed by atoms with Gasteiger partial charge in [-0.3, -0.25) is 4.79 Å². The molecule has 110 valence electrons. The van der Waals surface area contributed by atoms with Gasteiger partial charge in [-0.15, -0.1) is 0 Å². The van der Waals surface area contributed by atoms with Crippen molar-refractivity contribution in [3.63, 3.8) is 0 Å². The van der Waals surface area contributed by atoms with Crippen LogP contribution < -0.4 is 10.6 Å². The molecule has 0 bridgehead atoms. The third kappa shape index (κ3) is 3.73. The van der Waals surface area contributed by atoms with Gasteiger partial charge in [-0.25, -0.2) is 0 Å². The fraction of sp³-hybridized carbons (Fsp3) is 0.562. The van der Waals surface area contributed by atoms with E-state index in [1.807, 2.05) is 32.2 Å². The number of hydrogen-bond acceptors (Lipinski definition) is 3. The number of aryl methyl sites for hydroxylation is 1. The van der Waals surface area contributed by atoms with Crippen molar-refractivity contribution in [3.05, 3.63) is 29.3 Å². The number of likely N-dealkylation sites (tertiary alicyclic amines) is 1. The smallest absolute Gasteiger partial charge is 0.251 e. The molecule has 1 heterocycles. The molecule has 20 heavy (non-hydrogen) atoms. The number of carbonyl (C=O) groups excluding carboxylic acids is 1. The highest BCUT2D eigenvalue weighted by Crippen LogP contribution is 2.17. The first-order valence-corrected chi connectivity index (χ1v) is 7.35. The number of benzene rings is 1. The second-order valence-corrected chi connectivity index (χ2v) is 5.74. The lowest BCUT2D eigenvalue weighted by Gasteiger charge is -2.28. The first-order chi connectivity index (χ1) is 9.60. The first-order valence-electron chi connectivity index (χ1n) is 7.35. The number of amides is 1. The topological polar surface area (TPSA) is 44.4 Å². The van der Waals surface area contributed by atoms with Crippen LogP contribution in [0.1, 0.15) is 28.8 Å². The van der Waals surface area contributed by atoms with Crippen LogP contribution in [0, 0.1) is 12.8 Å². The van der Waals surface area contributed by atoms with Crippen molar-refractivity contribution in [2.45, 2.75) is 19.8 Å². The molecule has 2 N–H and O–H groups in total. The maximum atomic E-state index is 12.2. The maximum absolute atomic E-state index is 12.2. The van der Waals surface area contributed by atoms with Gasteiger partial charge in [-0.2, -0.15) is 0 Å². The van der Waals surface area contributed by atoms with E-state index in [4.69, 9.17) is 0 Å². The number of nitrogens with one attached hydrogen (secondary N) is 2. The molecular weight excluding hydrogens is 250 g/mol. The van der Waals surface area contributed by atoms with Crippen molar-refractivity contribution < 1.29 is 4.79 Å². The Kier molecular flexibility index (Phi) is 5.01. The molecule has 4 heteroatoms. The molecule has 0 radical (unpaired) electrons. The van der Waals surface area contributed by atoms with Crippen LogP contribution in [0.2, 0.25) is 0 Å². The second-order valence-electron chi connectivity index (χ2n) is 5.74. The Labute approximate surface area is 121 Å². The van der Waals surface area contributed by atoms with Crippen LogP contribution in [-0.2, 0) is 0 Å². The highest BCUT2D eigenvalue weighted by atomic mass is 16.1. The zero-order valence-electron chi connectivity index (χ0n) is 12.7. The molecule has 1 aromatic rings. The van der Waals surface area contributed by atoms with Gasteiger partial charge in [-0.1, -0.05) is 0 Å². The minimum Gasteiger partial charge on any atom is -0.388 e. The summed E-state index contributed by atoms with van der Waals surface area (Å²) in [6.45, 7) is 5.08. The molecule has 0 saturated carbocycles. The number of rotatable bonds is 4. The largest absolute Gasteiger partial charge is 0.388 e. The number of anilines is 1. The molecule has 0 spiro atoms. The van der Waals surface area contributed by atoms with Crippen LogP contribution in [0.5, 0.6) is 0 Å².